The largest absolute Gasteiger partial charge is 0.491 e. The molecule has 1 aromatic carbocycles. The summed E-state index contributed by atoms with van der Waals surface area (Å²) in [4.78, 5) is 17.1. The lowest BCUT2D eigenvalue weighted by atomic mass is 10.3. The van der Waals surface area contributed by atoms with Crippen LogP contribution in [0.15, 0.2) is 51.3 Å². The predicted octanol–water partition coefficient (Wildman–Crippen LogP) is 2.66. The Morgan fingerprint density at radius 3 is 2.86 bits per heavy atom. The van der Waals surface area contributed by atoms with E-state index in [1.54, 1.807) is 6.07 Å². The van der Waals surface area contributed by atoms with Crippen LogP contribution in [0.2, 0.25) is 0 Å². The third-order valence-corrected chi connectivity index (χ3v) is 4.46. The number of thiophene rings is 1. The van der Waals surface area contributed by atoms with Crippen LogP contribution in [0.4, 0.5) is 0 Å². The van der Waals surface area contributed by atoms with Gasteiger partial charge in [0.15, 0.2) is 0 Å². The number of aromatic nitrogens is 2. The molecule has 22 heavy (non-hydrogen) atoms. The van der Waals surface area contributed by atoms with Gasteiger partial charge in [0.05, 0.1) is 18.3 Å². The fourth-order valence-corrected chi connectivity index (χ4v) is 3.01. The monoisotopic (exact) mass is 380 g/mol. The second kappa shape index (κ2) is 6.60. The molecule has 2 heterocycles. The SMILES string of the molecule is O=c1c2ccsc2ncn1CC(O)COc1ccc(Br)cc1. The first-order valence-electron chi connectivity index (χ1n) is 6.62. The Bertz CT molecular complexity index is 829. The second-order valence-corrected chi connectivity index (χ2v) is 6.57. The molecule has 0 aliphatic heterocycles. The maximum atomic E-state index is 12.2. The van der Waals surface area contributed by atoms with Crippen LogP contribution < -0.4 is 10.3 Å². The molecule has 0 saturated carbocycles. The zero-order valence-corrected chi connectivity index (χ0v) is 13.9. The molecule has 0 spiro atoms. The van der Waals surface area contributed by atoms with E-state index in [0.29, 0.717) is 16.0 Å². The van der Waals surface area contributed by atoms with E-state index in [-0.39, 0.29) is 18.7 Å². The van der Waals surface area contributed by atoms with Crippen LogP contribution in [0.25, 0.3) is 10.2 Å². The number of benzene rings is 1. The van der Waals surface area contributed by atoms with Crippen molar-refractivity contribution in [3.63, 3.8) is 0 Å². The number of fused-ring (bicyclic) bond motifs is 1. The molecule has 0 aliphatic carbocycles. The third kappa shape index (κ3) is 3.37. The van der Waals surface area contributed by atoms with Gasteiger partial charge in [-0.25, -0.2) is 4.98 Å². The Kier molecular flexibility index (Phi) is 4.56. The number of nitrogens with zero attached hydrogens (tertiary/aromatic N) is 2. The van der Waals surface area contributed by atoms with Crippen molar-refractivity contribution >= 4 is 37.5 Å². The summed E-state index contributed by atoms with van der Waals surface area (Å²) in [6.45, 7) is 0.254. The van der Waals surface area contributed by atoms with Crippen molar-refractivity contribution in [3.8, 4) is 5.75 Å². The Morgan fingerprint density at radius 2 is 2.09 bits per heavy atom. The van der Waals surface area contributed by atoms with E-state index in [1.165, 1.54) is 22.2 Å². The molecule has 1 N–H and O–H groups in total. The highest BCUT2D eigenvalue weighted by Gasteiger charge is 2.10. The lowest BCUT2D eigenvalue weighted by Gasteiger charge is -2.13. The molecule has 2 aromatic heterocycles. The van der Waals surface area contributed by atoms with E-state index in [1.807, 2.05) is 29.6 Å². The minimum absolute atomic E-state index is 0.107. The van der Waals surface area contributed by atoms with Crippen LogP contribution in [-0.4, -0.2) is 27.4 Å². The van der Waals surface area contributed by atoms with Crippen molar-refractivity contribution in [3.05, 3.63) is 56.9 Å². The van der Waals surface area contributed by atoms with Gasteiger partial charge in [-0.15, -0.1) is 11.3 Å². The van der Waals surface area contributed by atoms with Crippen molar-refractivity contribution in [2.75, 3.05) is 6.61 Å². The van der Waals surface area contributed by atoms with Gasteiger partial charge in [0.2, 0.25) is 0 Å². The summed E-state index contributed by atoms with van der Waals surface area (Å²) in [7, 11) is 0. The number of aliphatic hydroxyl groups is 1. The van der Waals surface area contributed by atoms with Crippen molar-refractivity contribution in [1.29, 1.82) is 0 Å². The molecular weight excluding hydrogens is 368 g/mol. The molecule has 0 aliphatic rings. The summed E-state index contributed by atoms with van der Waals surface area (Å²) in [6.07, 6.45) is 0.670. The van der Waals surface area contributed by atoms with Crippen LogP contribution in [0, 0.1) is 0 Å². The normalized spacial score (nSPS) is 12.5. The van der Waals surface area contributed by atoms with E-state index in [0.717, 1.165) is 4.47 Å². The second-order valence-electron chi connectivity index (χ2n) is 4.76. The highest BCUT2D eigenvalue weighted by molar-refractivity contribution is 9.10. The van der Waals surface area contributed by atoms with Crippen LogP contribution in [-0.2, 0) is 6.54 Å². The maximum Gasteiger partial charge on any atom is 0.262 e. The van der Waals surface area contributed by atoms with Crippen molar-refractivity contribution in [2.24, 2.45) is 0 Å². The fraction of sp³-hybridized carbons (Fsp3) is 0.200. The van der Waals surface area contributed by atoms with E-state index in [4.69, 9.17) is 4.74 Å². The summed E-state index contributed by atoms with van der Waals surface area (Å²) in [5.74, 6) is 0.668. The Labute approximate surface area is 138 Å². The minimum atomic E-state index is -0.792. The summed E-state index contributed by atoms with van der Waals surface area (Å²) >= 11 is 4.77. The summed E-state index contributed by atoms with van der Waals surface area (Å²) in [5.41, 5.74) is -0.144. The molecule has 5 nitrogen and oxygen atoms in total. The van der Waals surface area contributed by atoms with Gasteiger partial charge in [0.25, 0.3) is 5.56 Å². The van der Waals surface area contributed by atoms with Gasteiger partial charge >= 0.3 is 0 Å². The molecule has 0 fully saturated rings. The average Bonchev–Trinajstić information content (AvgIpc) is 2.99. The van der Waals surface area contributed by atoms with Crippen LogP contribution in [0.3, 0.4) is 0 Å². The van der Waals surface area contributed by atoms with E-state index in [9.17, 15) is 9.90 Å². The number of hydrogen-bond donors (Lipinski definition) is 1. The van der Waals surface area contributed by atoms with E-state index >= 15 is 0 Å². The summed E-state index contributed by atoms with van der Waals surface area (Å²) in [5, 5.41) is 12.5. The summed E-state index contributed by atoms with van der Waals surface area (Å²) < 4.78 is 7.87. The first kappa shape index (κ1) is 15.2. The van der Waals surface area contributed by atoms with Crippen molar-refractivity contribution in [2.45, 2.75) is 12.6 Å². The summed E-state index contributed by atoms with van der Waals surface area (Å²) in [6, 6.07) is 9.09. The predicted molar refractivity (Wildman–Crippen MR) is 89.5 cm³/mol. The molecule has 114 valence electrons. The number of ether oxygens (including phenoxy) is 1. The number of hydrogen-bond acceptors (Lipinski definition) is 5. The average molecular weight is 381 g/mol. The molecule has 0 radical (unpaired) electrons. The van der Waals surface area contributed by atoms with Gasteiger partial charge in [-0.1, -0.05) is 15.9 Å². The highest BCUT2D eigenvalue weighted by atomic mass is 79.9. The Morgan fingerprint density at radius 1 is 1.32 bits per heavy atom. The Hall–Kier alpha value is -1.70. The molecule has 1 unspecified atom stereocenters. The van der Waals surface area contributed by atoms with Crippen LogP contribution in [0.5, 0.6) is 5.75 Å². The molecule has 3 rings (SSSR count). The lowest BCUT2D eigenvalue weighted by Crippen LogP contribution is -2.30. The van der Waals surface area contributed by atoms with Gasteiger partial charge in [-0.2, -0.15) is 0 Å². The topological polar surface area (TPSA) is 64.4 Å². The highest BCUT2D eigenvalue weighted by Crippen LogP contribution is 2.16. The van der Waals surface area contributed by atoms with Gasteiger partial charge in [0.1, 0.15) is 23.3 Å². The molecule has 7 heteroatoms. The number of aliphatic hydroxyl groups excluding tert-OH is 1. The smallest absolute Gasteiger partial charge is 0.262 e. The van der Waals surface area contributed by atoms with Crippen LogP contribution in [0.1, 0.15) is 0 Å². The van der Waals surface area contributed by atoms with Crippen molar-refractivity contribution in [1.82, 2.24) is 9.55 Å². The molecular formula is C15H13BrN2O3S. The first-order chi connectivity index (χ1) is 10.6. The van der Waals surface area contributed by atoms with Gasteiger partial charge in [0, 0.05) is 4.47 Å². The van der Waals surface area contributed by atoms with E-state index < -0.39 is 6.10 Å². The maximum absolute atomic E-state index is 12.2. The first-order valence-corrected chi connectivity index (χ1v) is 8.30. The fourth-order valence-electron chi connectivity index (χ4n) is 2.03. The number of rotatable bonds is 5. The minimum Gasteiger partial charge on any atom is -0.491 e. The quantitative estimate of drug-likeness (QED) is 0.738. The standard InChI is InChI=1S/C15H13BrN2O3S/c16-10-1-3-12(4-2-10)21-8-11(19)7-18-9-17-14-13(15(18)20)5-6-22-14/h1-6,9,11,19H,7-8H2. The molecule has 0 bridgehead atoms. The molecule has 3 aromatic rings. The van der Waals surface area contributed by atoms with Gasteiger partial charge in [-0.05, 0) is 35.7 Å². The van der Waals surface area contributed by atoms with Crippen LogP contribution >= 0.6 is 27.3 Å². The Balaban J connectivity index is 1.65. The van der Waals surface area contributed by atoms with Gasteiger partial charge in [-0.3, -0.25) is 9.36 Å². The van der Waals surface area contributed by atoms with Gasteiger partial charge < -0.3 is 9.84 Å². The third-order valence-electron chi connectivity index (χ3n) is 3.11. The molecule has 0 amide bonds. The molecule has 1 atom stereocenters. The number of halogens is 1. The van der Waals surface area contributed by atoms with Crippen molar-refractivity contribution < 1.29 is 9.84 Å². The zero-order valence-electron chi connectivity index (χ0n) is 11.5. The van der Waals surface area contributed by atoms with E-state index in [2.05, 4.69) is 20.9 Å². The zero-order chi connectivity index (χ0) is 15.5. The lowest BCUT2D eigenvalue weighted by molar-refractivity contribution is 0.0915. The molecule has 0 saturated heterocycles.